The molecule has 0 aromatic heterocycles. The number of likely N-dealkylation sites (N-methyl/N-ethyl adjacent to an activating group) is 1. The Morgan fingerprint density at radius 1 is 1.00 bits per heavy atom. The van der Waals surface area contributed by atoms with Crippen molar-refractivity contribution in [3.8, 4) is 0 Å². The maximum Gasteiger partial charge on any atom is 0.0243 e. The Hall–Kier alpha value is -0.0800. The van der Waals surface area contributed by atoms with Gasteiger partial charge in [-0.2, -0.15) is 0 Å². The summed E-state index contributed by atoms with van der Waals surface area (Å²) in [4.78, 5) is 2.53. The van der Waals surface area contributed by atoms with E-state index in [1.165, 1.54) is 38.6 Å². The summed E-state index contributed by atoms with van der Waals surface area (Å²) in [5.74, 6) is 0. The summed E-state index contributed by atoms with van der Waals surface area (Å²) in [6, 6.07) is 1.37. The second-order valence-electron chi connectivity index (χ2n) is 4.81. The molecule has 0 aromatic rings. The Labute approximate surface area is 103 Å². The molecule has 0 heterocycles. The van der Waals surface area contributed by atoms with Crippen molar-refractivity contribution in [2.24, 2.45) is 0 Å². The van der Waals surface area contributed by atoms with Gasteiger partial charge < -0.3 is 10.2 Å². The van der Waals surface area contributed by atoms with Crippen molar-refractivity contribution in [1.29, 1.82) is 0 Å². The van der Waals surface area contributed by atoms with Gasteiger partial charge in [0, 0.05) is 12.1 Å². The molecule has 0 saturated heterocycles. The van der Waals surface area contributed by atoms with Gasteiger partial charge in [0.05, 0.1) is 0 Å². The fraction of sp³-hybridized carbons (Fsp3) is 1.00. The Kier molecular flexibility index (Phi) is 10.0. The van der Waals surface area contributed by atoms with Crippen LogP contribution in [0.15, 0.2) is 0 Å². The molecule has 0 spiro atoms. The van der Waals surface area contributed by atoms with Crippen molar-refractivity contribution in [3.05, 3.63) is 0 Å². The van der Waals surface area contributed by atoms with E-state index >= 15 is 0 Å². The lowest BCUT2D eigenvalue weighted by molar-refractivity contribution is 0.179. The molecule has 2 heteroatoms. The molecule has 0 rings (SSSR count). The van der Waals surface area contributed by atoms with Crippen molar-refractivity contribution in [2.75, 3.05) is 20.1 Å². The summed E-state index contributed by atoms with van der Waals surface area (Å²) >= 11 is 0. The van der Waals surface area contributed by atoms with Crippen molar-refractivity contribution in [3.63, 3.8) is 0 Å². The van der Waals surface area contributed by atoms with Gasteiger partial charge in [-0.3, -0.25) is 0 Å². The molecule has 98 valence electrons. The van der Waals surface area contributed by atoms with E-state index in [2.05, 4.69) is 45.0 Å². The monoisotopic (exact) mass is 228 g/mol. The van der Waals surface area contributed by atoms with Gasteiger partial charge in [0.1, 0.15) is 0 Å². The molecule has 2 unspecified atom stereocenters. The van der Waals surface area contributed by atoms with Crippen LogP contribution in [-0.2, 0) is 0 Å². The third-order valence-corrected chi connectivity index (χ3v) is 3.28. The first-order chi connectivity index (χ1) is 7.71. The zero-order chi connectivity index (χ0) is 12.4. The van der Waals surface area contributed by atoms with Crippen LogP contribution in [-0.4, -0.2) is 37.1 Å². The van der Waals surface area contributed by atoms with Crippen molar-refractivity contribution in [1.82, 2.24) is 10.2 Å². The smallest absolute Gasteiger partial charge is 0.0243 e. The molecule has 0 saturated carbocycles. The van der Waals surface area contributed by atoms with Gasteiger partial charge in [0.15, 0.2) is 0 Å². The maximum atomic E-state index is 3.72. The van der Waals surface area contributed by atoms with Crippen molar-refractivity contribution in [2.45, 2.75) is 71.9 Å². The fourth-order valence-electron chi connectivity index (χ4n) is 2.49. The average Bonchev–Trinajstić information content (AvgIpc) is 2.27. The standard InChI is InChI=1S/C14H32N2/c1-6-10-13(15-11-7-2)14(9-4)16(5)12-8-3/h13-15H,6-12H2,1-5H3. The average molecular weight is 228 g/mol. The lowest BCUT2D eigenvalue weighted by Crippen LogP contribution is -2.48. The predicted octanol–water partition coefficient (Wildman–Crippen LogP) is 3.28. The van der Waals surface area contributed by atoms with Crippen molar-refractivity contribution >= 4 is 0 Å². The Balaban J connectivity index is 4.30. The first-order valence-electron chi connectivity index (χ1n) is 7.14. The van der Waals surface area contributed by atoms with E-state index < -0.39 is 0 Å². The molecule has 2 nitrogen and oxygen atoms in total. The second kappa shape index (κ2) is 10.1. The minimum absolute atomic E-state index is 0.673. The SMILES string of the molecule is CCCNC(CCC)C(CC)N(C)CCC. The minimum Gasteiger partial charge on any atom is -0.312 e. The molecule has 0 aliphatic heterocycles. The highest BCUT2D eigenvalue weighted by Crippen LogP contribution is 2.12. The van der Waals surface area contributed by atoms with E-state index in [-0.39, 0.29) is 0 Å². The maximum absolute atomic E-state index is 3.72. The normalized spacial score (nSPS) is 15.4. The molecule has 2 atom stereocenters. The molecule has 0 aromatic carbocycles. The number of nitrogens with zero attached hydrogens (tertiary/aromatic N) is 1. The van der Waals surface area contributed by atoms with Crippen LogP contribution in [0, 0.1) is 0 Å². The third kappa shape index (κ3) is 5.86. The summed E-state index contributed by atoms with van der Waals surface area (Å²) in [5, 5.41) is 3.72. The highest BCUT2D eigenvalue weighted by Gasteiger charge is 2.21. The van der Waals surface area contributed by atoms with Gasteiger partial charge in [-0.15, -0.1) is 0 Å². The zero-order valence-corrected chi connectivity index (χ0v) is 12.1. The number of rotatable bonds is 10. The van der Waals surface area contributed by atoms with Crippen LogP contribution in [0.4, 0.5) is 0 Å². The molecule has 0 fully saturated rings. The zero-order valence-electron chi connectivity index (χ0n) is 12.1. The van der Waals surface area contributed by atoms with E-state index in [1.807, 2.05) is 0 Å². The van der Waals surface area contributed by atoms with Crippen molar-refractivity contribution < 1.29 is 0 Å². The second-order valence-corrected chi connectivity index (χ2v) is 4.81. The van der Waals surface area contributed by atoms with E-state index in [0.29, 0.717) is 12.1 Å². The van der Waals surface area contributed by atoms with Crippen LogP contribution < -0.4 is 5.32 Å². The number of hydrogen-bond acceptors (Lipinski definition) is 2. The Morgan fingerprint density at radius 2 is 1.69 bits per heavy atom. The van der Waals surface area contributed by atoms with Crippen LogP contribution >= 0.6 is 0 Å². The highest BCUT2D eigenvalue weighted by molar-refractivity contribution is 4.82. The molecule has 0 aliphatic carbocycles. The van der Waals surface area contributed by atoms with Crippen LogP contribution in [0.3, 0.4) is 0 Å². The summed E-state index contributed by atoms with van der Waals surface area (Å²) in [6.45, 7) is 11.5. The van der Waals surface area contributed by atoms with E-state index in [9.17, 15) is 0 Å². The lowest BCUT2D eigenvalue weighted by atomic mass is 9.99. The quantitative estimate of drug-likeness (QED) is 0.617. The summed E-state index contributed by atoms with van der Waals surface area (Å²) in [7, 11) is 2.27. The summed E-state index contributed by atoms with van der Waals surface area (Å²) in [6.07, 6.45) is 6.30. The molecular weight excluding hydrogens is 196 g/mol. The van der Waals surface area contributed by atoms with Gasteiger partial charge in [-0.25, -0.2) is 0 Å². The minimum atomic E-state index is 0.673. The van der Waals surface area contributed by atoms with Gasteiger partial charge in [0.2, 0.25) is 0 Å². The molecule has 0 radical (unpaired) electrons. The predicted molar refractivity (Wildman–Crippen MR) is 74.0 cm³/mol. The van der Waals surface area contributed by atoms with E-state index in [4.69, 9.17) is 0 Å². The summed E-state index contributed by atoms with van der Waals surface area (Å²) in [5.41, 5.74) is 0. The van der Waals surface area contributed by atoms with E-state index in [0.717, 1.165) is 6.54 Å². The first kappa shape index (κ1) is 15.9. The lowest BCUT2D eigenvalue weighted by Gasteiger charge is -2.34. The number of nitrogens with one attached hydrogen (secondary N) is 1. The molecular formula is C14H32N2. The Bertz CT molecular complexity index is 148. The van der Waals surface area contributed by atoms with Crippen LogP contribution in [0.5, 0.6) is 0 Å². The number of hydrogen-bond donors (Lipinski definition) is 1. The molecule has 0 bridgehead atoms. The highest BCUT2D eigenvalue weighted by atomic mass is 15.2. The summed E-state index contributed by atoms with van der Waals surface area (Å²) < 4.78 is 0. The molecule has 16 heavy (non-hydrogen) atoms. The first-order valence-corrected chi connectivity index (χ1v) is 7.14. The third-order valence-electron chi connectivity index (χ3n) is 3.28. The van der Waals surface area contributed by atoms with Gasteiger partial charge >= 0.3 is 0 Å². The fourth-order valence-corrected chi connectivity index (χ4v) is 2.49. The molecule has 0 amide bonds. The van der Waals surface area contributed by atoms with Crippen LogP contribution in [0.1, 0.15) is 59.8 Å². The topological polar surface area (TPSA) is 15.3 Å². The van der Waals surface area contributed by atoms with Gasteiger partial charge in [-0.05, 0) is 45.8 Å². The van der Waals surface area contributed by atoms with E-state index in [1.54, 1.807) is 0 Å². The van der Waals surface area contributed by atoms with Gasteiger partial charge in [-0.1, -0.05) is 34.1 Å². The molecule has 1 N–H and O–H groups in total. The van der Waals surface area contributed by atoms with Gasteiger partial charge in [0.25, 0.3) is 0 Å². The Morgan fingerprint density at radius 3 is 2.12 bits per heavy atom. The van der Waals surface area contributed by atoms with Crippen LogP contribution in [0.2, 0.25) is 0 Å². The largest absolute Gasteiger partial charge is 0.312 e. The molecule has 0 aliphatic rings. The van der Waals surface area contributed by atoms with Crippen LogP contribution in [0.25, 0.3) is 0 Å².